The van der Waals surface area contributed by atoms with Crippen molar-refractivity contribution in [2.24, 2.45) is 0 Å². The summed E-state index contributed by atoms with van der Waals surface area (Å²) in [5, 5.41) is 2.95. The number of aryl methyl sites for hydroxylation is 2. The van der Waals surface area contributed by atoms with Crippen molar-refractivity contribution in [2.45, 2.75) is 13.0 Å². The van der Waals surface area contributed by atoms with E-state index in [-0.39, 0.29) is 28.4 Å². The minimum Gasteiger partial charge on any atom is -0.437 e. The standard InChI is InChI=1S/C31H25FN6O5S/c1-33-30(40)26-20-14-19(29(37(2)44(3,41)42)36-31(20)43-28(26)17-4-7-18(32)8-5-17)21-9-6-16-12-13-38-23-10-11-25(39)34-22(23)15-24(38)27(16)35-21/h4-11,14-15H,12-13H2,1-3H3,(H,33,40)(H,34,39). The maximum absolute atomic E-state index is 13.7. The average Bonchev–Trinajstić information content (AvgIpc) is 3.57. The summed E-state index contributed by atoms with van der Waals surface area (Å²) in [7, 11) is -0.924. The molecule has 0 spiro atoms. The van der Waals surface area contributed by atoms with E-state index in [2.05, 4.69) is 19.9 Å². The molecule has 13 heteroatoms. The number of aromatic nitrogens is 4. The number of H-pyrrole nitrogens is 1. The quantitative estimate of drug-likeness (QED) is 0.295. The maximum Gasteiger partial charge on any atom is 0.255 e. The van der Waals surface area contributed by atoms with Crippen LogP contribution in [0.5, 0.6) is 0 Å². The summed E-state index contributed by atoms with van der Waals surface area (Å²) < 4.78 is 48.4. The molecule has 5 aromatic heterocycles. The SMILES string of the molecule is CNC(=O)c1c(-c2ccc(F)cc2)oc2nc(N(C)S(C)(=O)=O)c(-c3ccc4c(n3)-c3cc5[nH]c(=O)ccc5n3CC4)cc12. The van der Waals surface area contributed by atoms with Crippen molar-refractivity contribution in [2.75, 3.05) is 24.7 Å². The number of furan rings is 1. The molecule has 222 valence electrons. The van der Waals surface area contributed by atoms with Crippen LogP contribution in [0.25, 0.3) is 56.1 Å². The van der Waals surface area contributed by atoms with Gasteiger partial charge in [-0.05, 0) is 60.5 Å². The minimum atomic E-state index is -3.78. The predicted octanol–water partition coefficient (Wildman–Crippen LogP) is 4.32. The molecule has 1 aliphatic rings. The molecule has 0 bridgehead atoms. The molecule has 0 atom stereocenters. The lowest BCUT2D eigenvalue weighted by Crippen LogP contribution is -2.26. The van der Waals surface area contributed by atoms with Crippen LogP contribution in [-0.2, 0) is 23.0 Å². The van der Waals surface area contributed by atoms with Crippen LogP contribution in [0.4, 0.5) is 10.2 Å². The van der Waals surface area contributed by atoms with E-state index in [1.807, 2.05) is 12.1 Å². The van der Waals surface area contributed by atoms with Crippen molar-refractivity contribution >= 4 is 43.9 Å². The molecule has 0 fully saturated rings. The van der Waals surface area contributed by atoms with E-state index in [4.69, 9.17) is 9.40 Å². The Morgan fingerprint density at radius 3 is 2.59 bits per heavy atom. The molecule has 1 amide bonds. The summed E-state index contributed by atoms with van der Waals surface area (Å²) >= 11 is 0. The Morgan fingerprint density at radius 2 is 1.86 bits per heavy atom. The molecule has 1 aromatic carbocycles. The number of sulfonamides is 1. The summed E-state index contributed by atoms with van der Waals surface area (Å²) in [5.41, 5.74) is 5.26. The minimum absolute atomic E-state index is 0.0271. The number of benzene rings is 1. The Balaban J connectivity index is 1.49. The van der Waals surface area contributed by atoms with Crippen LogP contribution in [0, 0.1) is 5.82 Å². The lowest BCUT2D eigenvalue weighted by Gasteiger charge is -2.22. The van der Waals surface area contributed by atoms with Crippen molar-refractivity contribution in [3.63, 3.8) is 0 Å². The zero-order chi connectivity index (χ0) is 30.9. The third-order valence-electron chi connectivity index (χ3n) is 7.91. The molecule has 44 heavy (non-hydrogen) atoms. The molecular weight excluding hydrogens is 587 g/mol. The molecule has 6 aromatic rings. The van der Waals surface area contributed by atoms with Crippen LogP contribution >= 0.6 is 0 Å². The van der Waals surface area contributed by atoms with E-state index >= 15 is 0 Å². The topological polar surface area (TPSA) is 143 Å². The fraction of sp³-hybridized carbons (Fsp3) is 0.161. The van der Waals surface area contributed by atoms with E-state index in [0.29, 0.717) is 46.4 Å². The number of halogens is 1. The van der Waals surface area contributed by atoms with Crippen LogP contribution in [0.1, 0.15) is 15.9 Å². The Hall–Kier alpha value is -5.30. The van der Waals surface area contributed by atoms with Crippen LogP contribution in [0.3, 0.4) is 0 Å². The largest absolute Gasteiger partial charge is 0.437 e. The first-order valence-electron chi connectivity index (χ1n) is 13.7. The maximum atomic E-state index is 13.7. The van der Waals surface area contributed by atoms with E-state index < -0.39 is 21.7 Å². The first-order valence-corrected chi connectivity index (χ1v) is 15.5. The summed E-state index contributed by atoms with van der Waals surface area (Å²) in [6.45, 7) is 0.700. The molecule has 0 radical (unpaired) electrons. The van der Waals surface area contributed by atoms with Crippen molar-refractivity contribution < 1.29 is 22.0 Å². The number of hydrogen-bond donors (Lipinski definition) is 2. The van der Waals surface area contributed by atoms with Crippen LogP contribution < -0.4 is 15.2 Å². The van der Waals surface area contributed by atoms with Gasteiger partial charge in [-0.15, -0.1) is 0 Å². The number of pyridine rings is 3. The van der Waals surface area contributed by atoms with Gasteiger partial charge in [-0.25, -0.2) is 17.8 Å². The van der Waals surface area contributed by atoms with Crippen LogP contribution in [0.2, 0.25) is 0 Å². The van der Waals surface area contributed by atoms with Gasteiger partial charge in [0.15, 0.2) is 5.82 Å². The molecule has 0 aliphatic carbocycles. The van der Waals surface area contributed by atoms with Gasteiger partial charge >= 0.3 is 0 Å². The summed E-state index contributed by atoms with van der Waals surface area (Å²) in [6, 6.07) is 16.0. The fourth-order valence-electron chi connectivity index (χ4n) is 5.66. The predicted molar refractivity (Wildman–Crippen MR) is 165 cm³/mol. The van der Waals surface area contributed by atoms with Crippen LogP contribution in [0.15, 0.2) is 69.9 Å². The highest BCUT2D eigenvalue weighted by molar-refractivity contribution is 7.92. The fourth-order valence-corrected chi connectivity index (χ4v) is 6.11. The highest BCUT2D eigenvalue weighted by Gasteiger charge is 2.28. The van der Waals surface area contributed by atoms with E-state index in [9.17, 15) is 22.4 Å². The number of carbonyl (C=O) groups is 1. The Kier molecular flexibility index (Phi) is 6.18. The zero-order valence-corrected chi connectivity index (χ0v) is 24.6. The molecule has 6 heterocycles. The summed E-state index contributed by atoms with van der Waals surface area (Å²) in [5.74, 6) is -0.700. The van der Waals surface area contributed by atoms with E-state index in [1.165, 1.54) is 44.4 Å². The Morgan fingerprint density at radius 1 is 1.09 bits per heavy atom. The molecule has 2 N–H and O–H groups in total. The number of nitrogens with zero attached hydrogens (tertiary/aromatic N) is 4. The van der Waals surface area contributed by atoms with Gasteiger partial charge in [0.1, 0.15) is 11.6 Å². The number of anilines is 1. The van der Waals surface area contributed by atoms with Gasteiger partial charge in [0, 0.05) is 37.8 Å². The second-order valence-electron chi connectivity index (χ2n) is 10.6. The van der Waals surface area contributed by atoms with E-state index in [0.717, 1.165) is 27.3 Å². The van der Waals surface area contributed by atoms with Crippen molar-refractivity contribution in [3.8, 4) is 34.0 Å². The number of rotatable bonds is 5. The van der Waals surface area contributed by atoms with Crippen molar-refractivity contribution in [1.82, 2.24) is 24.8 Å². The summed E-state index contributed by atoms with van der Waals surface area (Å²) in [6.07, 6.45) is 1.76. The van der Waals surface area contributed by atoms with Crippen molar-refractivity contribution in [1.29, 1.82) is 0 Å². The lowest BCUT2D eigenvalue weighted by atomic mass is 10.0. The second kappa shape index (κ2) is 9.88. The highest BCUT2D eigenvalue weighted by atomic mass is 32.2. The first-order chi connectivity index (χ1) is 21.0. The average molecular weight is 613 g/mol. The molecule has 0 unspecified atom stereocenters. The monoisotopic (exact) mass is 612 g/mol. The number of carbonyl (C=O) groups excluding carboxylic acids is 1. The van der Waals surface area contributed by atoms with Gasteiger partial charge in [0.25, 0.3) is 5.91 Å². The molecule has 11 nitrogen and oxygen atoms in total. The molecule has 0 saturated carbocycles. The van der Waals surface area contributed by atoms with Gasteiger partial charge in [-0.3, -0.25) is 13.9 Å². The zero-order valence-electron chi connectivity index (χ0n) is 23.8. The number of aromatic amines is 1. The molecule has 0 saturated heterocycles. The summed E-state index contributed by atoms with van der Waals surface area (Å²) in [4.78, 5) is 37.6. The third kappa shape index (κ3) is 4.35. The number of hydrogen-bond acceptors (Lipinski definition) is 7. The smallest absolute Gasteiger partial charge is 0.255 e. The first kappa shape index (κ1) is 27.5. The Bertz CT molecular complexity index is 2320. The number of amides is 1. The van der Waals surface area contributed by atoms with E-state index in [1.54, 1.807) is 18.2 Å². The number of fused-ring (bicyclic) bond motifs is 6. The van der Waals surface area contributed by atoms with Gasteiger partial charge < -0.3 is 19.3 Å². The van der Waals surface area contributed by atoms with Gasteiger partial charge in [-0.2, -0.15) is 4.98 Å². The molecular formula is C31H25FN6O5S. The highest BCUT2D eigenvalue weighted by Crippen LogP contribution is 2.40. The normalized spacial score (nSPS) is 12.7. The van der Waals surface area contributed by atoms with Gasteiger partial charge in [-0.1, -0.05) is 6.07 Å². The Labute approximate surface area is 250 Å². The second-order valence-corrected chi connectivity index (χ2v) is 12.6. The van der Waals surface area contributed by atoms with Gasteiger partial charge in [0.05, 0.1) is 45.3 Å². The van der Waals surface area contributed by atoms with Crippen molar-refractivity contribution in [3.05, 3.63) is 88.0 Å². The number of nitrogens with one attached hydrogen (secondary N) is 2. The lowest BCUT2D eigenvalue weighted by molar-refractivity contribution is 0.0964. The van der Waals surface area contributed by atoms with Crippen LogP contribution in [-0.4, -0.2) is 54.2 Å². The third-order valence-corrected chi connectivity index (χ3v) is 9.08. The molecule has 7 rings (SSSR count). The molecule has 1 aliphatic heterocycles. The van der Waals surface area contributed by atoms with Gasteiger partial charge in [0.2, 0.25) is 21.3 Å².